The highest BCUT2D eigenvalue weighted by Crippen LogP contribution is 2.37. The van der Waals surface area contributed by atoms with Crippen molar-refractivity contribution in [2.24, 2.45) is 0 Å². The highest BCUT2D eigenvalue weighted by Gasteiger charge is 2.27. The molecular formula is C24H34N6O4. The van der Waals surface area contributed by atoms with Crippen molar-refractivity contribution in [1.82, 2.24) is 24.8 Å². The summed E-state index contributed by atoms with van der Waals surface area (Å²) in [6.45, 7) is 3.97. The van der Waals surface area contributed by atoms with Gasteiger partial charge < -0.3 is 29.2 Å². The van der Waals surface area contributed by atoms with Crippen molar-refractivity contribution in [3.8, 4) is 11.8 Å². The number of nitrogens with zero attached hydrogens (tertiary/aromatic N) is 5. The highest BCUT2D eigenvalue weighted by atomic mass is 16.5. The summed E-state index contributed by atoms with van der Waals surface area (Å²) in [5.74, 6) is 1.98. The van der Waals surface area contributed by atoms with Crippen molar-refractivity contribution in [2.45, 2.75) is 38.0 Å². The zero-order valence-corrected chi connectivity index (χ0v) is 20.5. The van der Waals surface area contributed by atoms with Gasteiger partial charge in [-0.05, 0) is 51.4 Å². The van der Waals surface area contributed by atoms with E-state index in [2.05, 4.69) is 31.0 Å². The number of aliphatic hydroxyl groups is 1. The van der Waals surface area contributed by atoms with Gasteiger partial charge in [-0.25, -0.2) is 4.98 Å². The second-order valence-corrected chi connectivity index (χ2v) is 8.90. The minimum Gasteiger partial charge on any atom is -0.496 e. The van der Waals surface area contributed by atoms with E-state index in [4.69, 9.17) is 14.2 Å². The summed E-state index contributed by atoms with van der Waals surface area (Å²) in [5, 5.41) is 11.7. The molecule has 0 aromatic carbocycles. The molecule has 2 atom stereocenters. The Labute approximate surface area is 199 Å². The molecule has 10 nitrogen and oxygen atoms in total. The van der Waals surface area contributed by atoms with Crippen molar-refractivity contribution >= 4 is 16.9 Å². The van der Waals surface area contributed by atoms with Gasteiger partial charge in [0.15, 0.2) is 0 Å². The highest BCUT2D eigenvalue weighted by molar-refractivity contribution is 5.86. The zero-order valence-electron chi connectivity index (χ0n) is 20.5. The van der Waals surface area contributed by atoms with Crippen LogP contribution in [0.2, 0.25) is 0 Å². The monoisotopic (exact) mass is 470 g/mol. The molecule has 3 aromatic rings. The quantitative estimate of drug-likeness (QED) is 0.456. The van der Waals surface area contributed by atoms with Crippen LogP contribution in [0, 0.1) is 0 Å². The third kappa shape index (κ3) is 5.08. The second kappa shape index (κ2) is 10.5. The van der Waals surface area contributed by atoms with Gasteiger partial charge in [-0.1, -0.05) is 0 Å². The normalized spacial score (nSPS) is 16.7. The minimum absolute atomic E-state index is 0.208. The van der Waals surface area contributed by atoms with Crippen LogP contribution in [0.4, 0.5) is 5.82 Å². The van der Waals surface area contributed by atoms with Crippen LogP contribution in [0.3, 0.4) is 0 Å². The first kappa shape index (κ1) is 24.2. The third-order valence-corrected chi connectivity index (χ3v) is 6.22. The maximum Gasteiger partial charge on any atom is 0.319 e. The maximum atomic E-state index is 10.6. The molecule has 1 aliphatic heterocycles. The summed E-state index contributed by atoms with van der Waals surface area (Å²) < 4.78 is 16.6. The average Bonchev–Trinajstić information content (AvgIpc) is 3.28. The number of aromatic nitrogens is 4. The Hall–Kier alpha value is -2.95. The van der Waals surface area contributed by atoms with Gasteiger partial charge in [0, 0.05) is 38.7 Å². The van der Waals surface area contributed by atoms with Gasteiger partial charge in [0.1, 0.15) is 29.5 Å². The molecular weight excluding hydrogens is 436 g/mol. The zero-order chi connectivity index (χ0) is 24.2. The summed E-state index contributed by atoms with van der Waals surface area (Å²) in [7, 11) is 6.92. The fourth-order valence-corrected chi connectivity index (χ4v) is 4.45. The first-order chi connectivity index (χ1) is 16.4. The number of hydrogen-bond donors (Lipinski definition) is 2. The Morgan fingerprint density at radius 2 is 2.00 bits per heavy atom. The standard InChI is InChI=1S/C24H34N6O4/c1-15(14-32-4)34-24-27-18(23(31)29(2)3)12-20(28-24)30-10-7-16(8-11-30)17-13-26-22-21(17)19(33-5)6-9-25-22/h6,9,12-13,15-16,23,31H,7-8,10-11,14H2,1-5H3,(H,25,26)/t15-,23?/m1/s1. The molecule has 4 heterocycles. The summed E-state index contributed by atoms with van der Waals surface area (Å²) in [5.41, 5.74) is 2.59. The Bertz CT molecular complexity index is 1100. The number of hydrogen-bond acceptors (Lipinski definition) is 9. The van der Waals surface area contributed by atoms with Gasteiger partial charge in [-0.15, -0.1) is 0 Å². The van der Waals surface area contributed by atoms with Crippen molar-refractivity contribution in [3.05, 3.63) is 35.8 Å². The van der Waals surface area contributed by atoms with Gasteiger partial charge >= 0.3 is 6.01 Å². The van der Waals surface area contributed by atoms with Crippen LogP contribution in [0.1, 0.15) is 43.2 Å². The lowest BCUT2D eigenvalue weighted by Crippen LogP contribution is -2.34. The Morgan fingerprint density at radius 1 is 1.24 bits per heavy atom. The van der Waals surface area contributed by atoms with E-state index in [1.807, 2.05) is 19.1 Å². The number of aromatic amines is 1. The number of fused-ring (bicyclic) bond motifs is 1. The summed E-state index contributed by atoms with van der Waals surface area (Å²) >= 11 is 0. The molecule has 1 unspecified atom stereocenters. The number of ether oxygens (including phenoxy) is 3. The number of H-pyrrole nitrogens is 1. The van der Waals surface area contributed by atoms with E-state index in [0.717, 1.165) is 48.5 Å². The Kier molecular flexibility index (Phi) is 7.50. The number of methoxy groups -OCH3 is 2. The molecule has 1 saturated heterocycles. The molecule has 4 rings (SSSR count). The van der Waals surface area contributed by atoms with E-state index in [0.29, 0.717) is 18.2 Å². The van der Waals surface area contributed by atoms with E-state index in [9.17, 15) is 5.11 Å². The molecule has 3 aromatic heterocycles. The van der Waals surface area contributed by atoms with E-state index < -0.39 is 6.23 Å². The summed E-state index contributed by atoms with van der Waals surface area (Å²) in [6, 6.07) is 3.99. The van der Waals surface area contributed by atoms with E-state index in [1.165, 1.54) is 5.56 Å². The molecule has 34 heavy (non-hydrogen) atoms. The Balaban J connectivity index is 1.55. The van der Waals surface area contributed by atoms with Crippen LogP contribution in [-0.4, -0.2) is 84.1 Å². The Morgan fingerprint density at radius 3 is 2.68 bits per heavy atom. The van der Waals surface area contributed by atoms with Crippen LogP contribution >= 0.6 is 0 Å². The predicted octanol–water partition coefficient (Wildman–Crippen LogP) is 2.71. The molecule has 0 saturated carbocycles. The van der Waals surface area contributed by atoms with Gasteiger partial charge in [0.2, 0.25) is 0 Å². The van der Waals surface area contributed by atoms with Crippen LogP contribution in [0.25, 0.3) is 11.0 Å². The van der Waals surface area contributed by atoms with Crippen molar-refractivity contribution in [2.75, 3.05) is 52.9 Å². The van der Waals surface area contributed by atoms with Crippen molar-refractivity contribution in [3.63, 3.8) is 0 Å². The topological polar surface area (TPSA) is 109 Å². The van der Waals surface area contributed by atoms with Crippen LogP contribution in [-0.2, 0) is 4.74 Å². The molecule has 1 aliphatic rings. The van der Waals surface area contributed by atoms with Crippen molar-refractivity contribution < 1.29 is 19.3 Å². The number of nitrogens with one attached hydrogen (secondary N) is 1. The molecule has 0 spiro atoms. The molecule has 0 bridgehead atoms. The van der Waals surface area contributed by atoms with Gasteiger partial charge in [0.25, 0.3) is 0 Å². The van der Waals surface area contributed by atoms with Crippen LogP contribution < -0.4 is 14.4 Å². The maximum absolute atomic E-state index is 10.6. The van der Waals surface area contributed by atoms with Crippen molar-refractivity contribution in [1.29, 1.82) is 0 Å². The molecule has 0 aliphatic carbocycles. The summed E-state index contributed by atoms with van der Waals surface area (Å²) in [4.78, 5) is 20.7. The number of anilines is 1. The number of rotatable bonds is 9. The fourth-order valence-electron chi connectivity index (χ4n) is 4.45. The van der Waals surface area contributed by atoms with E-state index in [1.54, 1.807) is 39.4 Å². The summed E-state index contributed by atoms with van der Waals surface area (Å²) in [6.07, 6.45) is 4.66. The molecule has 2 N–H and O–H groups in total. The molecule has 0 radical (unpaired) electrons. The van der Waals surface area contributed by atoms with Crippen LogP contribution in [0.15, 0.2) is 24.5 Å². The number of aliphatic hydroxyl groups excluding tert-OH is 1. The SMILES string of the molecule is COC[C@@H](C)Oc1nc(C(O)N(C)C)cc(N2CCC(c3c[nH]c4nccc(OC)c34)CC2)n1. The lowest BCUT2D eigenvalue weighted by Gasteiger charge is -2.33. The number of piperidine rings is 1. The molecule has 10 heteroatoms. The molecule has 184 valence electrons. The predicted molar refractivity (Wildman–Crippen MR) is 129 cm³/mol. The van der Waals surface area contributed by atoms with Gasteiger partial charge in [-0.3, -0.25) is 4.90 Å². The third-order valence-electron chi connectivity index (χ3n) is 6.22. The average molecular weight is 471 g/mol. The first-order valence-electron chi connectivity index (χ1n) is 11.5. The van der Waals surface area contributed by atoms with Crippen LogP contribution in [0.5, 0.6) is 11.8 Å². The van der Waals surface area contributed by atoms with Gasteiger partial charge in [-0.2, -0.15) is 9.97 Å². The fraction of sp³-hybridized carbons (Fsp3) is 0.542. The smallest absolute Gasteiger partial charge is 0.319 e. The molecule has 1 fully saturated rings. The van der Waals surface area contributed by atoms with E-state index in [-0.39, 0.29) is 12.1 Å². The number of pyridine rings is 1. The largest absolute Gasteiger partial charge is 0.496 e. The lowest BCUT2D eigenvalue weighted by molar-refractivity contribution is 0.0339. The minimum atomic E-state index is -0.856. The second-order valence-electron chi connectivity index (χ2n) is 8.90. The lowest BCUT2D eigenvalue weighted by atomic mass is 9.89. The molecule has 0 amide bonds. The first-order valence-corrected chi connectivity index (χ1v) is 11.5. The van der Waals surface area contributed by atoms with E-state index >= 15 is 0 Å². The van der Waals surface area contributed by atoms with Gasteiger partial charge in [0.05, 0.1) is 24.8 Å².